The minimum atomic E-state index is -0.834. The quantitative estimate of drug-likeness (QED) is 0.813. The van der Waals surface area contributed by atoms with Crippen molar-refractivity contribution in [3.05, 3.63) is 35.9 Å². The van der Waals surface area contributed by atoms with Crippen molar-refractivity contribution < 1.29 is 9.90 Å². The second-order valence-electron chi connectivity index (χ2n) is 7.19. The minimum Gasteiger partial charge on any atom is -0.387 e. The highest BCUT2D eigenvalue weighted by Crippen LogP contribution is 2.56. The molecule has 0 spiro atoms. The van der Waals surface area contributed by atoms with E-state index in [-0.39, 0.29) is 17.0 Å². The number of amides is 1. The van der Waals surface area contributed by atoms with Crippen molar-refractivity contribution in [2.75, 3.05) is 11.4 Å². The Hall–Kier alpha value is -1.94. The van der Waals surface area contributed by atoms with Gasteiger partial charge in [0.2, 0.25) is 5.91 Å². The Kier molecular flexibility index (Phi) is 4.12. The summed E-state index contributed by atoms with van der Waals surface area (Å²) < 4.78 is 0. The normalized spacial score (nSPS) is 23.8. The SMILES string of the molecule is C=C(C(=N)C(C)O)c1ccc2c(c1)C(CC)(C1CC1)CN2C(C)=O. The summed E-state index contributed by atoms with van der Waals surface area (Å²) in [6.45, 7) is 10.2. The minimum absolute atomic E-state index is 0.0182. The lowest BCUT2D eigenvalue weighted by Crippen LogP contribution is -2.37. The zero-order valence-corrected chi connectivity index (χ0v) is 14.7. The summed E-state index contributed by atoms with van der Waals surface area (Å²) >= 11 is 0. The number of benzene rings is 1. The first-order valence-electron chi connectivity index (χ1n) is 8.70. The summed E-state index contributed by atoms with van der Waals surface area (Å²) in [5, 5.41) is 17.7. The second kappa shape index (κ2) is 5.85. The van der Waals surface area contributed by atoms with E-state index in [0.717, 1.165) is 24.2 Å². The molecule has 0 saturated heterocycles. The highest BCUT2D eigenvalue weighted by atomic mass is 16.3. The van der Waals surface area contributed by atoms with Crippen LogP contribution >= 0.6 is 0 Å². The van der Waals surface area contributed by atoms with Crippen LogP contribution in [0, 0.1) is 11.3 Å². The Morgan fingerprint density at radius 1 is 1.50 bits per heavy atom. The molecule has 0 radical (unpaired) electrons. The molecular weight excluding hydrogens is 300 g/mol. The number of carbonyl (C=O) groups excluding carboxylic acids is 1. The van der Waals surface area contributed by atoms with E-state index in [4.69, 9.17) is 5.41 Å². The summed E-state index contributed by atoms with van der Waals surface area (Å²) in [6.07, 6.45) is 2.60. The molecule has 2 N–H and O–H groups in total. The maximum atomic E-state index is 12.1. The van der Waals surface area contributed by atoms with Crippen molar-refractivity contribution >= 4 is 22.9 Å². The van der Waals surface area contributed by atoms with Crippen LogP contribution < -0.4 is 4.90 Å². The predicted octanol–water partition coefficient (Wildman–Crippen LogP) is 3.52. The van der Waals surface area contributed by atoms with E-state index < -0.39 is 6.10 Å². The van der Waals surface area contributed by atoms with Gasteiger partial charge < -0.3 is 15.4 Å². The summed E-state index contributed by atoms with van der Waals surface area (Å²) in [5.41, 5.74) is 3.78. The number of hydrogen-bond donors (Lipinski definition) is 2. The van der Waals surface area contributed by atoms with Crippen molar-refractivity contribution in [2.24, 2.45) is 5.92 Å². The molecule has 3 rings (SSSR count). The van der Waals surface area contributed by atoms with Gasteiger partial charge in [-0.1, -0.05) is 19.6 Å². The van der Waals surface area contributed by atoms with Crippen molar-refractivity contribution in [3.63, 3.8) is 0 Å². The zero-order valence-electron chi connectivity index (χ0n) is 14.7. The van der Waals surface area contributed by atoms with E-state index in [9.17, 15) is 9.90 Å². The Morgan fingerprint density at radius 2 is 2.17 bits per heavy atom. The average Bonchev–Trinajstić information content (AvgIpc) is 3.35. The van der Waals surface area contributed by atoms with E-state index in [1.54, 1.807) is 13.8 Å². The molecule has 1 aliphatic heterocycles. The van der Waals surface area contributed by atoms with Gasteiger partial charge in [-0.25, -0.2) is 0 Å². The lowest BCUT2D eigenvalue weighted by Gasteiger charge is -2.29. The maximum Gasteiger partial charge on any atom is 0.223 e. The second-order valence-corrected chi connectivity index (χ2v) is 7.19. The van der Waals surface area contributed by atoms with Gasteiger partial charge in [-0.3, -0.25) is 4.79 Å². The van der Waals surface area contributed by atoms with Gasteiger partial charge in [0.05, 0.1) is 11.8 Å². The van der Waals surface area contributed by atoms with Crippen LogP contribution in [0.5, 0.6) is 0 Å². The number of fused-ring (bicyclic) bond motifs is 1. The molecule has 1 amide bonds. The van der Waals surface area contributed by atoms with Crippen LogP contribution in [-0.4, -0.2) is 29.4 Å². The Morgan fingerprint density at radius 3 is 2.67 bits per heavy atom. The van der Waals surface area contributed by atoms with E-state index in [1.165, 1.54) is 18.4 Å². The molecule has 0 aromatic heterocycles. The highest BCUT2D eigenvalue weighted by Gasteiger charge is 2.51. The number of nitrogens with one attached hydrogen (secondary N) is 1. The molecule has 4 heteroatoms. The standard InChI is InChI=1S/C20H26N2O2/c1-5-20(16-7-8-16)11-22(14(4)24)18-9-6-15(10-17(18)20)12(2)19(21)13(3)23/h6,9-10,13,16,21,23H,2,5,7-8,11H2,1,3-4H3. The molecule has 128 valence electrons. The van der Waals surface area contributed by atoms with Crippen LogP contribution in [0.3, 0.4) is 0 Å². The van der Waals surface area contributed by atoms with E-state index in [0.29, 0.717) is 11.5 Å². The first-order chi connectivity index (χ1) is 11.3. The molecule has 1 fully saturated rings. The van der Waals surface area contributed by atoms with E-state index in [2.05, 4.69) is 19.6 Å². The van der Waals surface area contributed by atoms with Gasteiger partial charge in [-0.15, -0.1) is 0 Å². The van der Waals surface area contributed by atoms with Crippen LogP contribution in [0.15, 0.2) is 24.8 Å². The molecule has 1 aliphatic carbocycles. The fourth-order valence-corrected chi connectivity index (χ4v) is 4.07. The molecule has 2 unspecified atom stereocenters. The van der Waals surface area contributed by atoms with Crippen molar-refractivity contribution in [3.8, 4) is 0 Å². The van der Waals surface area contributed by atoms with Crippen molar-refractivity contribution in [2.45, 2.75) is 51.6 Å². The van der Waals surface area contributed by atoms with Crippen LogP contribution in [0.2, 0.25) is 0 Å². The summed E-state index contributed by atoms with van der Waals surface area (Å²) in [7, 11) is 0. The van der Waals surface area contributed by atoms with Crippen LogP contribution in [0.1, 0.15) is 51.2 Å². The molecule has 0 bridgehead atoms. The highest BCUT2D eigenvalue weighted by molar-refractivity contribution is 6.23. The zero-order chi connectivity index (χ0) is 17.6. The Bertz CT molecular complexity index is 718. The van der Waals surface area contributed by atoms with Gasteiger partial charge in [0, 0.05) is 24.6 Å². The lowest BCUT2D eigenvalue weighted by molar-refractivity contribution is -0.116. The number of rotatable bonds is 5. The Balaban J connectivity index is 2.09. The first kappa shape index (κ1) is 16.9. The van der Waals surface area contributed by atoms with Gasteiger partial charge in [0.15, 0.2) is 0 Å². The van der Waals surface area contributed by atoms with Crippen LogP contribution in [0.25, 0.3) is 5.57 Å². The topological polar surface area (TPSA) is 64.4 Å². The smallest absolute Gasteiger partial charge is 0.223 e. The molecule has 1 saturated carbocycles. The number of hydrogen-bond acceptors (Lipinski definition) is 3. The first-order valence-corrected chi connectivity index (χ1v) is 8.70. The monoisotopic (exact) mass is 326 g/mol. The summed E-state index contributed by atoms with van der Waals surface area (Å²) in [5.74, 6) is 0.709. The summed E-state index contributed by atoms with van der Waals surface area (Å²) in [4.78, 5) is 14.0. The number of aliphatic hydroxyl groups is 1. The van der Waals surface area contributed by atoms with Gasteiger partial charge >= 0.3 is 0 Å². The number of aliphatic hydroxyl groups excluding tert-OH is 1. The molecule has 24 heavy (non-hydrogen) atoms. The molecule has 2 aliphatic rings. The third-order valence-corrected chi connectivity index (χ3v) is 5.73. The number of anilines is 1. The largest absolute Gasteiger partial charge is 0.387 e. The van der Waals surface area contributed by atoms with Crippen LogP contribution in [-0.2, 0) is 10.2 Å². The number of nitrogens with zero attached hydrogens (tertiary/aromatic N) is 1. The van der Waals surface area contributed by atoms with Crippen molar-refractivity contribution in [1.29, 1.82) is 5.41 Å². The van der Waals surface area contributed by atoms with Crippen molar-refractivity contribution in [1.82, 2.24) is 0 Å². The third-order valence-electron chi connectivity index (χ3n) is 5.73. The predicted molar refractivity (Wildman–Crippen MR) is 97.6 cm³/mol. The maximum absolute atomic E-state index is 12.1. The fourth-order valence-electron chi connectivity index (χ4n) is 4.07. The van der Waals surface area contributed by atoms with E-state index >= 15 is 0 Å². The molecule has 2 atom stereocenters. The molecule has 4 nitrogen and oxygen atoms in total. The fraction of sp³-hybridized carbons (Fsp3) is 0.500. The van der Waals surface area contributed by atoms with E-state index in [1.807, 2.05) is 17.0 Å². The molecular formula is C20H26N2O2. The number of carbonyl (C=O) groups is 1. The van der Waals surface area contributed by atoms with Gasteiger partial charge in [0.25, 0.3) is 0 Å². The van der Waals surface area contributed by atoms with Gasteiger partial charge in [-0.05, 0) is 60.9 Å². The third kappa shape index (κ3) is 2.49. The summed E-state index contributed by atoms with van der Waals surface area (Å²) in [6, 6.07) is 5.98. The molecule has 1 heterocycles. The van der Waals surface area contributed by atoms with Gasteiger partial charge in [0.1, 0.15) is 0 Å². The molecule has 1 aromatic rings. The van der Waals surface area contributed by atoms with Gasteiger partial charge in [-0.2, -0.15) is 0 Å². The van der Waals surface area contributed by atoms with Crippen LogP contribution in [0.4, 0.5) is 5.69 Å². The Labute approximate surface area is 143 Å². The lowest BCUT2D eigenvalue weighted by atomic mass is 9.74. The molecule has 1 aromatic carbocycles. The average molecular weight is 326 g/mol.